The molecule has 32 heavy (non-hydrogen) atoms. The minimum absolute atomic E-state index is 0.202. The Balaban J connectivity index is 1.86. The summed E-state index contributed by atoms with van der Waals surface area (Å²) in [6, 6.07) is 5.08. The largest absolute Gasteiger partial charge is 0.485 e. The van der Waals surface area contributed by atoms with Crippen LogP contribution in [0.25, 0.3) is 5.65 Å². The third kappa shape index (κ3) is 5.68. The Morgan fingerprint density at radius 1 is 1.38 bits per heavy atom. The second-order valence-corrected chi connectivity index (χ2v) is 9.40. The van der Waals surface area contributed by atoms with E-state index in [2.05, 4.69) is 32.9 Å². The molecule has 1 amide bonds. The van der Waals surface area contributed by atoms with E-state index in [0.29, 0.717) is 17.9 Å². The average Bonchev–Trinajstić information content (AvgIpc) is 3.06. The first-order chi connectivity index (χ1) is 15.1. The van der Waals surface area contributed by atoms with Crippen molar-refractivity contribution in [2.45, 2.75) is 38.8 Å². The number of rotatable bonds is 9. The molecule has 0 spiro atoms. The number of hydrogen-bond acceptors (Lipinski definition) is 4. The highest BCUT2D eigenvalue weighted by atomic mass is 127. The molecule has 2 aromatic heterocycles. The van der Waals surface area contributed by atoms with Crippen molar-refractivity contribution in [3.63, 3.8) is 0 Å². The summed E-state index contributed by atoms with van der Waals surface area (Å²) in [7, 11) is 0. The molecule has 1 unspecified atom stereocenters. The molecule has 1 atom stereocenters. The lowest BCUT2D eigenvalue weighted by Crippen LogP contribution is -2.48. The Hall–Kier alpha value is -1.98. The molecule has 0 fully saturated rings. The number of nitrogens with one attached hydrogen (secondary N) is 1. The van der Waals surface area contributed by atoms with Crippen molar-refractivity contribution in [2.24, 2.45) is 5.73 Å². The second kappa shape index (κ2) is 10.3. The number of benzene rings is 1. The van der Waals surface area contributed by atoms with Gasteiger partial charge in [0.25, 0.3) is 5.91 Å². The van der Waals surface area contributed by atoms with Gasteiger partial charge in [0, 0.05) is 24.3 Å². The lowest BCUT2D eigenvalue weighted by atomic mass is 9.97. The number of aryl methyl sites for hydroxylation is 1. The van der Waals surface area contributed by atoms with Crippen LogP contribution in [0.1, 0.15) is 41.5 Å². The van der Waals surface area contributed by atoms with E-state index >= 15 is 0 Å². The highest BCUT2D eigenvalue weighted by molar-refractivity contribution is 14.1. The Kier molecular flexibility index (Phi) is 7.94. The topological polar surface area (TPSA) is 81.7 Å². The first-order valence-electron chi connectivity index (χ1n) is 10.00. The van der Waals surface area contributed by atoms with Gasteiger partial charge in [-0.3, -0.25) is 9.20 Å². The van der Waals surface area contributed by atoms with Gasteiger partial charge < -0.3 is 15.8 Å². The van der Waals surface area contributed by atoms with Crippen LogP contribution in [0.2, 0.25) is 5.02 Å². The van der Waals surface area contributed by atoms with Gasteiger partial charge in [-0.05, 0) is 43.2 Å². The third-order valence-corrected chi connectivity index (χ3v) is 5.98. The quantitative estimate of drug-likeness (QED) is 0.283. The van der Waals surface area contributed by atoms with Crippen molar-refractivity contribution in [1.29, 1.82) is 0 Å². The third-order valence-electron chi connectivity index (χ3n) is 5.01. The SMILES string of the molecule is Cc1nc2c(OCc3c(F)cccc3F)cc(Cl)cn2c1C(=O)NCC(C)(N)CCCI. The van der Waals surface area contributed by atoms with E-state index < -0.39 is 17.2 Å². The molecule has 3 aromatic rings. The summed E-state index contributed by atoms with van der Waals surface area (Å²) in [4.78, 5) is 17.4. The smallest absolute Gasteiger partial charge is 0.270 e. The summed E-state index contributed by atoms with van der Waals surface area (Å²) in [6.45, 7) is 3.52. The molecule has 172 valence electrons. The van der Waals surface area contributed by atoms with Crippen molar-refractivity contribution < 1.29 is 18.3 Å². The van der Waals surface area contributed by atoms with Gasteiger partial charge in [0.05, 0.1) is 16.3 Å². The number of nitrogens with two attached hydrogens (primary N) is 1. The van der Waals surface area contributed by atoms with Crippen molar-refractivity contribution >= 4 is 45.7 Å². The number of imidazole rings is 1. The van der Waals surface area contributed by atoms with Gasteiger partial charge >= 0.3 is 0 Å². The molecule has 3 rings (SSSR count). The lowest BCUT2D eigenvalue weighted by Gasteiger charge is -2.24. The van der Waals surface area contributed by atoms with E-state index in [0.717, 1.165) is 29.4 Å². The van der Waals surface area contributed by atoms with Crippen LogP contribution in [-0.2, 0) is 6.61 Å². The minimum atomic E-state index is -0.713. The van der Waals surface area contributed by atoms with Crippen molar-refractivity contribution in [2.75, 3.05) is 11.0 Å². The van der Waals surface area contributed by atoms with Gasteiger partial charge in [-0.1, -0.05) is 40.3 Å². The van der Waals surface area contributed by atoms with Gasteiger partial charge in [0.15, 0.2) is 11.4 Å². The van der Waals surface area contributed by atoms with Crippen LogP contribution in [0, 0.1) is 18.6 Å². The number of fused-ring (bicyclic) bond motifs is 1. The molecule has 0 saturated heterocycles. The summed E-state index contributed by atoms with van der Waals surface area (Å²) in [5.74, 6) is -1.58. The maximum atomic E-state index is 13.9. The molecule has 0 aliphatic heterocycles. The summed E-state index contributed by atoms with van der Waals surface area (Å²) in [5.41, 5.74) is 6.59. The van der Waals surface area contributed by atoms with E-state index in [1.807, 2.05) is 6.92 Å². The van der Waals surface area contributed by atoms with Crippen LogP contribution in [-0.4, -0.2) is 31.8 Å². The van der Waals surface area contributed by atoms with Gasteiger partial charge in [0.2, 0.25) is 0 Å². The summed E-state index contributed by atoms with van der Waals surface area (Å²) in [5, 5.41) is 3.15. The number of hydrogen-bond donors (Lipinski definition) is 2. The highest BCUT2D eigenvalue weighted by Crippen LogP contribution is 2.28. The molecule has 1 aromatic carbocycles. The number of aromatic nitrogens is 2. The van der Waals surface area contributed by atoms with Crippen LogP contribution in [0.4, 0.5) is 8.78 Å². The predicted octanol–water partition coefficient (Wildman–Crippen LogP) is 4.82. The van der Waals surface area contributed by atoms with E-state index in [1.54, 1.807) is 13.1 Å². The normalized spacial score (nSPS) is 13.2. The van der Waals surface area contributed by atoms with Crippen molar-refractivity contribution in [3.05, 3.63) is 64.1 Å². The Labute approximate surface area is 203 Å². The number of ether oxygens (including phenoxy) is 1. The highest BCUT2D eigenvalue weighted by Gasteiger charge is 2.23. The van der Waals surface area contributed by atoms with Crippen LogP contribution >= 0.6 is 34.2 Å². The van der Waals surface area contributed by atoms with E-state index in [1.165, 1.54) is 16.5 Å². The van der Waals surface area contributed by atoms with Crippen LogP contribution < -0.4 is 15.8 Å². The van der Waals surface area contributed by atoms with Crippen molar-refractivity contribution in [3.8, 4) is 5.75 Å². The fourth-order valence-electron chi connectivity index (χ4n) is 3.32. The molecule has 2 heterocycles. The van der Waals surface area contributed by atoms with Gasteiger partial charge in [-0.15, -0.1) is 0 Å². The first-order valence-corrected chi connectivity index (χ1v) is 11.9. The van der Waals surface area contributed by atoms with E-state index in [-0.39, 0.29) is 34.5 Å². The number of amides is 1. The molecule has 10 heteroatoms. The van der Waals surface area contributed by atoms with Gasteiger partial charge in [-0.25, -0.2) is 13.8 Å². The predicted molar refractivity (Wildman–Crippen MR) is 129 cm³/mol. The molecular weight excluding hydrogens is 553 g/mol. The molecule has 0 bridgehead atoms. The standard InChI is InChI=1S/C22H24ClF2IN4O2/c1-13-19(21(31)28-12-22(2,27)7-4-8-26)30-10-14(23)9-18(20(30)29-13)32-11-15-16(24)5-3-6-17(15)25/h3,5-6,9-10H,4,7-8,11-12,27H2,1-2H3,(H,28,31). The number of carbonyl (C=O) groups is 1. The van der Waals surface area contributed by atoms with Crippen LogP contribution in [0.5, 0.6) is 5.75 Å². The maximum Gasteiger partial charge on any atom is 0.270 e. The molecule has 0 aliphatic rings. The molecule has 3 N–H and O–H groups in total. The van der Waals surface area contributed by atoms with Gasteiger partial charge in [0.1, 0.15) is 23.9 Å². The first kappa shape index (κ1) is 24.7. The van der Waals surface area contributed by atoms with Gasteiger partial charge in [-0.2, -0.15) is 0 Å². The van der Waals surface area contributed by atoms with Crippen LogP contribution in [0.15, 0.2) is 30.5 Å². The number of nitrogens with zero attached hydrogens (tertiary/aromatic N) is 2. The molecule has 6 nitrogen and oxygen atoms in total. The summed E-state index contributed by atoms with van der Waals surface area (Å²) >= 11 is 8.52. The number of pyridine rings is 1. The molecular formula is C22H24ClF2IN4O2. The monoisotopic (exact) mass is 576 g/mol. The summed E-state index contributed by atoms with van der Waals surface area (Å²) in [6.07, 6.45) is 3.27. The summed E-state index contributed by atoms with van der Waals surface area (Å²) < 4.78 is 36.1. The molecule has 0 saturated carbocycles. The zero-order chi connectivity index (χ0) is 23.5. The average molecular weight is 577 g/mol. The Bertz CT molecular complexity index is 1120. The molecule has 0 aliphatic carbocycles. The Morgan fingerprint density at radius 3 is 2.72 bits per heavy atom. The lowest BCUT2D eigenvalue weighted by molar-refractivity contribution is 0.0937. The fraction of sp³-hybridized carbons (Fsp3) is 0.364. The van der Waals surface area contributed by atoms with Crippen molar-refractivity contribution in [1.82, 2.24) is 14.7 Å². The maximum absolute atomic E-state index is 13.9. The number of carbonyl (C=O) groups excluding carboxylic acids is 1. The fourth-order valence-corrected chi connectivity index (χ4v) is 3.90. The number of alkyl halides is 1. The van der Waals surface area contributed by atoms with E-state index in [4.69, 9.17) is 22.1 Å². The second-order valence-electron chi connectivity index (χ2n) is 7.88. The zero-order valence-electron chi connectivity index (χ0n) is 17.7. The Morgan fingerprint density at radius 2 is 2.06 bits per heavy atom. The zero-order valence-corrected chi connectivity index (χ0v) is 20.6. The minimum Gasteiger partial charge on any atom is -0.485 e. The van der Waals surface area contributed by atoms with Crippen LogP contribution in [0.3, 0.4) is 0 Å². The van der Waals surface area contributed by atoms with E-state index in [9.17, 15) is 13.6 Å². The number of halogens is 4. The molecule has 0 radical (unpaired) electrons.